The van der Waals surface area contributed by atoms with Crippen LogP contribution in [-0.4, -0.2) is 22.0 Å². The van der Waals surface area contributed by atoms with Crippen LogP contribution in [0.25, 0.3) is 11.0 Å². The third-order valence-corrected chi connectivity index (χ3v) is 3.60. The molecule has 0 saturated carbocycles. The van der Waals surface area contributed by atoms with Gasteiger partial charge in [-0.1, -0.05) is 26.8 Å². The molecule has 1 N–H and O–H groups in total. The molecule has 0 aliphatic heterocycles. The first-order valence-electron chi connectivity index (χ1n) is 7.45. The SMILES string of the molecule is Cc1nc2cc(CCNC(=O)CC(C)(C)C)ccc2n1C. The first kappa shape index (κ1) is 15.5. The lowest BCUT2D eigenvalue weighted by Crippen LogP contribution is -2.29. The lowest BCUT2D eigenvalue weighted by molar-refractivity contribution is -0.122. The van der Waals surface area contributed by atoms with Gasteiger partial charge < -0.3 is 9.88 Å². The minimum absolute atomic E-state index is 0.0362. The second-order valence-corrected chi connectivity index (χ2v) is 6.88. The molecule has 0 atom stereocenters. The Balaban J connectivity index is 1.93. The minimum Gasteiger partial charge on any atom is -0.356 e. The second-order valence-electron chi connectivity index (χ2n) is 6.88. The lowest BCUT2D eigenvalue weighted by Gasteiger charge is -2.17. The molecule has 1 aromatic heterocycles. The normalized spacial score (nSPS) is 11.9. The number of aromatic nitrogens is 2. The third kappa shape index (κ3) is 4.06. The van der Waals surface area contributed by atoms with Gasteiger partial charge in [-0.25, -0.2) is 4.98 Å². The molecule has 2 aromatic rings. The molecule has 1 amide bonds. The molecule has 0 spiro atoms. The average Bonchev–Trinajstić information content (AvgIpc) is 2.62. The Morgan fingerprint density at radius 3 is 2.71 bits per heavy atom. The number of benzene rings is 1. The summed E-state index contributed by atoms with van der Waals surface area (Å²) in [6.07, 6.45) is 1.40. The Kier molecular flexibility index (Phi) is 4.35. The van der Waals surface area contributed by atoms with Crippen molar-refractivity contribution in [2.45, 2.75) is 40.5 Å². The maximum absolute atomic E-state index is 11.8. The molecule has 4 heteroatoms. The molecule has 0 saturated heterocycles. The van der Waals surface area contributed by atoms with E-state index < -0.39 is 0 Å². The van der Waals surface area contributed by atoms with E-state index in [0.29, 0.717) is 13.0 Å². The highest BCUT2D eigenvalue weighted by Gasteiger charge is 2.15. The fourth-order valence-electron chi connectivity index (χ4n) is 2.41. The van der Waals surface area contributed by atoms with Gasteiger partial charge in [-0.05, 0) is 36.5 Å². The number of fused-ring (bicyclic) bond motifs is 1. The number of nitrogens with one attached hydrogen (secondary N) is 1. The van der Waals surface area contributed by atoms with Crippen molar-refractivity contribution in [3.8, 4) is 0 Å². The number of hydrogen-bond acceptors (Lipinski definition) is 2. The first-order valence-corrected chi connectivity index (χ1v) is 7.45. The Bertz CT molecular complexity index is 650. The summed E-state index contributed by atoms with van der Waals surface area (Å²) in [6, 6.07) is 6.32. The standard InChI is InChI=1S/C17H25N3O/c1-12-19-14-10-13(6-7-15(14)20(12)5)8-9-18-16(21)11-17(2,3)4/h6-7,10H,8-9,11H2,1-5H3,(H,18,21). The summed E-state index contributed by atoms with van der Waals surface area (Å²) >= 11 is 0. The van der Waals surface area contributed by atoms with Gasteiger partial charge in [0.2, 0.25) is 5.91 Å². The van der Waals surface area contributed by atoms with Crippen molar-refractivity contribution in [3.05, 3.63) is 29.6 Å². The fraction of sp³-hybridized carbons (Fsp3) is 0.529. The van der Waals surface area contributed by atoms with Gasteiger partial charge >= 0.3 is 0 Å². The van der Waals surface area contributed by atoms with Crippen LogP contribution in [0, 0.1) is 12.3 Å². The van der Waals surface area contributed by atoms with E-state index in [1.54, 1.807) is 0 Å². The van der Waals surface area contributed by atoms with Crippen LogP contribution in [0.3, 0.4) is 0 Å². The van der Waals surface area contributed by atoms with E-state index in [4.69, 9.17) is 0 Å². The molecule has 21 heavy (non-hydrogen) atoms. The summed E-state index contributed by atoms with van der Waals surface area (Å²) in [6.45, 7) is 8.90. The van der Waals surface area contributed by atoms with Gasteiger partial charge in [0, 0.05) is 20.0 Å². The zero-order chi connectivity index (χ0) is 15.6. The molecular formula is C17H25N3O. The van der Waals surface area contributed by atoms with Gasteiger partial charge in [-0.15, -0.1) is 0 Å². The topological polar surface area (TPSA) is 46.9 Å². The quantitative estimate of drug-likeness (QED) is 0.939. The van der Waals surface area contributed by atoms with Crippen molar-refractivity contribution in [1.82, 2.24) is 14.9 Å². The maximum Gasteiger partial charge on any atom is 0.220 e. The number of imidazole rings is 1. The number of rotatable bonds is 4. The predicted octanol–water partition coefficient (Wildman–Crippen LogP) is 2.98. The number of aryl methyl sites for hydroxylation is 2. The molecule has 0 unspecified atom stereocenters. The Morgan fingerprint density at radius 2 is 2.05 bits per heavy atom. The van der Waals surface area contributed by atoms with Crippen molar-refractivity contribution in [2.75, 3.05) is 6.54 Å². The van der Waals surface area contributed by atoms with Gasteiger partial charge in [-0.2, -0.15) is 0 Å². The summed E-state index contributed by atoms with van der Waals surface area (Å²) in [5.41, 5.74) is 3.41. The van der Waals surface area contributed by atoms with Crippen molar-refractivity contribution >= 4 is 16.9 Å². The van der Waals surface area contributed by atoms with Crippen LogP contribution in [0.1, 0.15) is 38.6 Å². The number of carbonyl (C=O) groups excluding carboxylic acids is 1. The number of carbonyl (C=O) groups is 1. The fourth-order valence-corrected chi connectivity index (χ4v) is 2.41. The van der Waals surface area contributed by atoms with Gasteiger partial charge in [-0.3, -0.25) is 4.79 Å². The lowest BCUT2D eigenvalue weighted by atomic mass is 9.92. The molecule has 2 rings (SSSR count). The maximum atomic E-state index is 11.8. The third-order valence-electron chi connectivity index (χ3n) is 3.60. The van der Waals surface area contributed by atoms with Crippen molar-refractivity contribution < 1.29 is 4.79 Å². The highest BCUT2D eigenvalue weighted by molar-refractivity contribution is 5.77. The molecule has 0 fully saturated rings. The van der Waals surface area contributed by atoms with E-state index in [2.05, 4.69) is 53.8 Å². The van der Waals surface area contributed by atoms with Gasteiger partial charge in [0.15, 0.2) is 0 Å². The molecule has 0 bridgehead atoms. The van der Waals surface area contributed by atoms with Crippen LogP contribution in [0.15, 0.2) is 18.2 Å². The second kappa shape index (κ2) is 5.88. The largest absolute Gasteiger partial charge is 0.356 e. The van der Waals surface area contributed by atoms with Crippen LogP contribution >= 0.6 is 0 Å². The van der Waals surface area contributed by atoms with E-state index >= 15 is 0 Å². The highest BCUT2D eigenvalue weighted by Crippen LogP contribution is 2.18. The van der Waals surface area contributed by atoms with E-state index in [1.807, 2.05) is 14.0 Å². The van der Waals surface area contributed by atoms with E-state index in [0.717, 1.165) is 23.3 Å². The van der Waals surface area contributed by atoms with Crippen molar-refractivity contribution in [2.24, 2.45) is 12.5 Å². The summed E-state index contributed by atoms with van der Waals surface area (Å²) in [7, 11) is 2.02. The van der Waals surface area contributed by atoms with Gasteiger partial charge in [0.05, 0.1) is 11.0 Å². The van der Waals surface area contributed by atoms with Crippen LogP contribution < -0.4 is 5.32 Å². The smallest absolute Gasteiger partial charge is 0.220 e. The predicted molar refractivity (Wildman–Crippen MR) is 86.2 cm³/mol. The number of amides is 1. The molecule has 0 radical (unpaired) electrons. The van der Waals surface area contributed by atoms with E-state index in [9.17, 15) is 4.79 Å². The molecule has 4 nitrogen and oxygen atoms in total. The van der Waals surface area contributed by atoms with Crippen LogP contribution in [0.4, 0.5) is 0 Å². The first-order chi connectivity index (χ1) is 9.76. The summed E-state index contributed by atoms with van der Waals surface area (Å²) in [5, 5.41) is 2.99. The van der Waals surface area contributed by atoms with Gasteiger partial charge in [0.1, 0.15) is 5.82 Å². The zero-order valence-electron chi connectivity index (χ0n) is 13.7. The molecule has 1 heterocycles. The molecule has 1 aromatic carbocycles. The minimum atomic E-state index is 0.0362. The molecule has 114 valence electrons. The molecule has 0 aliphatic rings. The monoisotopic (exact) mass is 287 g/mol. The number of hydrogen-bond donors (Lipinski definition) is 1. The number of nitrogens with zero attached hydrogens (tertiary/aromatic N) is 2. The van der Waals surface area contributed by atoms with Crippen molar-refractivity contribution in [3.63, 3.8) is 0 Å². The Hall–Kier alpha value is -1.84. The molecule has 0 aliphatic carbocycles. The highest BCUT2D eigenvalue weighted by atomic mass is 16.1. The summed E-state index contributed by atoms with van der Waals surface area (Å²) < 4.78 is 2.09. The Labute approximate surface area is 126 Å². The summed E-state index contributed by atoms with van der Waals surface area (Å²) in [5.74, 6) is 1.14. The molecular weight excluding hydrogens is 262 g/mol. The van der Waals surface area contributed by atoms with Crippen LogP contribution in [0.2, 0.25) is 0 Å². The Morgan fingerprint density at radius 1 is 1.33 bits per heavy atom. The summed E-state index contributed by atoms with van der Waals surface area (Å²) in [4.78, 5) is 16.3. The van der Waals surface area contributed by atoms with E-state index in [-0.39, 0.29) is 11.3 Å². The van der Waals surface area contributed by atoms with E-state index in [1.165, 1.54) is 5.56 Å². The van der Waals surface area contributed by atoms with Crippen LogP contribution in [0.5, 0.6) is 0 Å². The van der Waals surface area contributed by atoms with Crippen molar-refractivity contribution in [1.29, 1.82) is 0 Å². The zero-order valence-corrected chi connectivity index (χ0v) is 13.7. The average molecular weight is 287 g/mol. The van der Waals surface area contributed by atoms with Crippen LogP contribution in [-0.2, 0) is 18.3 Å². The van der Waals surface area contributed by atoms with Gasteiger partial charge in [0.25, 0.3) is 0 Å².